The van der Waals surface area contributed by atoms with Crippen LogP contribution in [-0.4, -0.2) is 10.2 Å². The fourth-order valence-corrected chi connectivity index (χ4v) is 4.99. The maximum Gasteiger partial charge on any atom is 0.417 e. The minimum Gasteiger partial charge on any atom is -0.457 e. The lowest BCUT2D eigenvalue weighted by atomic mass is 10.1. The zero-order valence-electron chi connectivity index (χ0n) is 16.8. The SMILES string of the molecule is O=C1/C(=C/c2ccc(-c3ccccc3C(F)(F)F)o2)SC(=S)N1c1cccc2ccccc12. The first-order chi connectivity index (χ1) is 15.8. The molecule has 0 saturated carbocycles. The van der Waals surface area contributed by atoms with Gasteiger partial charge in [0.15, 0.2) is 4.32 Å². The van der Waals surface area contributed by atoms with Crippen LogP contribution in [-0.2, 0) is 11.0 Å². The van der Waals surface area contributed by atoms with E-state index in [9.17, 15) is 18.0 Å². The number of furan rings is 1. The molecule has 0 unspecified atom stereocenters. The average molecular weight is 482 g/mol. The third-order valence-corrected chi connectivity index (χ3v) is 6.50. The lowest BCUT2D eigenvalue weighted by molar-refractivity contribution is -0.137. The number of alkyl halides is 3. The van der Waals surface area contributed by atoms with E-state index >= 15 is 0 Å². The van der Waals surface area contributed by atoms with Crippen LogP contribution in [0.3, 0.4) is 0 Å². The van der Waals surface area contributed by atoms with Crippen molar-refractivity contribution >= 4 is 56.7 Å². The fraction of sp³-hybridized carbons (Fsp3) is 0.0400. The van der Waals surface area contributed by atoms with E-state index in [1.807, 2.05) is 42.5 Å². The number of thiocarbonyl (C=S) groups is 1. The number of hydrogen-bond acceptors (Lipinski definition) is 4. The summed E-state index contributed by atoms with van der Waals surface area (Å²) in [5.41, 5.74) is -0.167. The topological polar surface area (TPSA) is 33.5 Å². The minimum atomic E-state index is -4.51. The molecule has 0 N–H and O–H groups in total. The molecule has 1 fully saturated rings. The van der Waals surface area contributed by atoms with Gasteiger partial charge in [-0.05, 0) is 29.7 Å². The first-order valence-electron chi connectivity index (χ1n) is 9.85. The Balaban J connectivity index is 1.48. The van der Waals surface area contributed by atoms with E-state index in [-0.39, 0.29) is 23.0 Å². The zero-order chi connectivity index (χ0) is 23.2. The lowest BCUT2D eigenvalue weighted by Crippen LogP contribution is -2.27. The number of fused-ring (bicyclic) bond motifs is 1. The van der Waals surface area contributed by atoms with Crippen LogP contribution in [0.25, 0.3) is 28.2 Å². The van der Waals surface area contributed by atoms with Crippen LogP contribution in [0.1, 0.15) is 11.3 Å². The van der Waals surface area contributed by atoms with Crippen LogP contribution < -0.4 is 4.90 Å². The van der Waals surface area contributed by atoms with Gasteiger partial charge in [0, 0.05) is 17.0 Å². The third-order valence-electron chi connectivity index (χ3n) is 5.20. The van der Waals surface area contributed by atoms with E-state index in [4.69, 9.17) is 16.6 Å². The number of amides is 1. The number of nitrogens with zero attached hydrogens (tertiary/aromatic N) is 1. The van der Waals surface area contributed by atoms with Crippen LogP contribution in [0.15, 0.2) is 88.2 Å². The fourth-order valence-electron chi connectivity index (χ4n) is 3.73. The number of carbonyl (C=O) groups excluding carboxylic acids is 1. The summed E-state index contributed by atoms with van der Waals surface area (Å²) >= 11 is 6.59. The smallest absolute Gasteiger partial charge is 0.417 e. The van der Waals surface area contributed by atoms with Crippen molar-refractivity contribution in [3.05, 3.63) is 95.1 Å². The Morgan fingerprint density at radius 3 is 2.45 bits per heavy atom. The highest BCUT2D eigenvalue weighted by atomic mass is 32.2. The van der Waals surface area contributed by atoms with Gasteiger partial charge in [-0.3, -0.25) is 9.69 Å². The van der Waals surface area contributed by atoms with Crippen LogP contribution in [0.5, 0.6) is 0 Å². The molecule has 8 heteroatoms. The average Bonchev–Trinajstić information content (AvgIpc) is 3.37. The van der Waals surface area contributed by atoms with E-state index in [2.05, 4.69) is 0 Å². The summed E-state index contributed by atoms with van der Waals surface area (Å²) in [6, 6.07) is 21.5. The normalized spacial score (nSPS) is 15.7. The second kappa shape index (κ2) is 8.20. The van der Waals surface area contributed by atoms with Crippen molar-refractivity contribution in [2.24, 2.45) is 0 Å². The molecule has 0 bridgehead atoms. The van der Waals surface area contributed by atoms with Gasteiger partial charge in [0.25, 0.3) is 5.91 Å². The maximum absolute atomic E-state index is 13.4. The molecule has 1 saturated heterocycles. The van der Waals surface area contributed by atoms with E-state index in [0.29, 0.717) is 14.9 Å². The predicted molar refractivity (Wildman–Crippen MR) is 129 cm³/mol. The van der Waals surface area contributed by atoms with Crippen molar-refractivity contribution in [2.45, 2.75) is 6.18 Å². The first kappa shape index (κ1) is 21.5. The largest absolute Gasteiger partial charge is 0.457 e. The summed E-state index contributed by atoms with van der Waals surface area (Å²) < 4.78 is 46.1. The Bertz CT molecular complexity index is 1430. The van der Waals surface area contributed by atoms with Gasteiger partial charge in [-0.2, -0.15) is 13.2 Å². The Hall–Kier alpha value is -3.36. The molecule has 1 aliphatic rings. The standard InChI is InChI=1S/C25H14F3NO2S2/c26-25(27,28)19-10-4-3-9-18(19)21-13-12-16(31-21)14-22-23(30)29(24(32)33-22)20-11-5-7-15-6-1-2-8-17(15)20/h1-14H/b22-14-. The van der Waals surface area contributed by atoms with Crippen LogP contribution in [0, 0.1) is 0 Å². The van der Waals surface area contributed by atoms with Gasteiger partial charge in [-0.25, -0.2) is 0 Å². The Kier molecular flexibility index (Phi) is 5.34. The summed E-state index contributed by atoms with van der Waals surface area (Å²) in [7, 11) is 0. The van der Waals surface area contributed by atoms with E-state index < -0.39 is 11.7 Å². The van der Waals surface area contributed by atoms with Crippen molar-refractivity contribution < 1.29 is 22.4 Å². The monoisotopic (exact) mass is 481 g/mol. The van der Waals surface area contributed by atoms with Crippen molar-refractivity contribution in [1.82, 2.24) is 0 Å². The molecule has 5 rings (SSSR count). The zero-order valence-corrected chi connectivity index (χ0v) is 18.4. The molecule has 0 atom stereocenters. The van der Waals surface area contributed by atoms with E-state index in [1.54, 1.807) is 0 Å². The molecule has 4 aromatic rings. The Labute approximate surface area is 196 Å². The molecule has 1 aromatic heterocycles. The van der Waals surface area contributed by atoms with Gasteiger partial charge >= 0.3 is 6.18 Å². The minimum absolute atomic E-state index is 0.0621. The van der Waals surface area contributed by atoms with Gasteiger partial charge in [0.1, 0.15) is 11.5 Å². The van der Waals surface area contributed by atoms with Crippen LogP contribution >= 0.6 is 24.0 Å². The Morgan fingerprint density at radius 2 is 1.64 bits per heavy atom. The second-order valence-electron chi connectivity index (χ2n) is 7.26. The Morgan fingerprint density at radius 1 is 0.909 bits per heavy atom. The molecule has 0 spiro atoms. The number of anilines is 1. The number of benzene rings is 3. The molecule has 1 aliphatic heterocycles. The summed E-state index contributed by atoms with van der Waals surface area (Å²) in [5, 5.41) is 1.87. The van der Waals surface area contributed by atoms with Gasteiger partial charge in [0.05, 0.1) is 16.2 Å². The highest BCUT2D eigenvalue weighted by Crippen LogP contribution is 2.40. The number of carbonyl (C=O) groups is 1. The van der Waals surface area contributed by atoms with Crippen LogP contribution in [0.4, 0.5) is 18.9 Å². The third kappa shape index (κ3) is 3.96. The van der Waals surface area contributed by atoms with Gasteiger partial charge in [0.2, 0.25) is 0 Å². The van der Waals surface area contributed by atoms with E-state index in [1.165, 1.54) is 41.3 Å². The molecule has 0 aliphatic carbocycles. The molecule has 1 amide bonds. The van der Waals surface area contributed by atoms with E-state index in [0.717, 1.165) is 28.6 Å². The molecular formula is C25H14F3NO2S2. The molecule has 33 heavy (non-hydrogen) atoms. The lowest BCUT2D eigenvalue weighted by Gasteiger charge is -2.17. The highest BCUT2D eigenvalue weighted by molar-refractivity contribution is 8.27. The number of thioether (sulfide) groups is 1. The number of hydrogen-bond donors (Lipinski definition) is 0. The predicted octanol–water partition coefficient (Wildman–Crippen LogP) is 7.52. The summed E-state index contributed by atoms with van der Waals surface area (Å²) in [6.07, 6.45) is -3.01. The van der Waals surface area contributed by atoms with Crippen LogP contribution in [0.2, 0.25) is 0 Å². The van der Waals surface area contributed by atoms with Crippen molar-refractivity contribution in [2.75, 3.05) is 4.90 Å². The molecule has 3 aromatic carbocycles. The number of halogens is 3. The van der Waals surface area contributed by atoms with Crippen molar-refractivity contribution in [3.63, 3.8) is 0 Å². The van der Waals surface area contributed by atoms with Crippen molar-refractivity contribution in [3.8, 4) is 11.3 Å². The molecule has 164 valence electrons. The maximum atomic E-state index is 13.4. The van der Waals surface area contributed by atoms with Gasteiger partial charge in [-0.15, -0.1) is 0 Å². The van der Waals surface area contributed by atoms with Gasteiger partial charge < -0.3 is 4.42 Å². The first-order valence-corrected chi connectivity index (χ1v) is 11.1. The molecular weight excluding hydrogens is 467 g/mol. The summed E-state index contributed by atoms with van der Waals surface area (Å²) in [5.74, 6) is 0.0223. The molecule has 2 heterocycles. The summed E-state index contributed by atoms with van der Waals surface area (Å²) in [4.78, 5) is 15.0. The van der Waals surface area contributed by atoms with Crippen molar-refractivity contribution in [1.29, 1.82) is 0 Å². The highest BCUT2D eigenvalue weighted by Gasteiger charge is 2.35. The summed E-state index contributed by atoms with van der Waals surface area (Å²) in [6.45, 7) is 0. The quantitative estimate of drug-likeness (QED) is 0.224. The molecule has 0 radical (unpaired) electrons. The number of rotatable bonds is 3. The molecule has 3 nitrogen and oxygen atoms in total. The van der Waals surface area contributed by atoms with Gasteiger partial charge in [-0.1, -0.05) is 78.6 Å². The second-order valence-corrected chi connectivity index (χ2v) is 8.94.